The Hall–Kier alpha value is -5.94. The Kier molecular flexibility index (Phi) is 8.70. The second kappa shape index (κ2) is 13.9. The summed E-state index contributed by atoms with van der Waals surface area (Å²) in [5.74, 6) is 1.90. The minimum Gasteiger partial charge on any atom is -0.248 e. The van der Waals surface area contributed by atoms with Gasteiger partial charge in [-0.25, -0.2) is 19.9 Å². The van der Waals surface area contributed by atoms with Crippen molar-refractivity contribution >= 4 is 23.2 Å². The number of hydrogen-bond donors (Lipinski definition) is 0. The molecule has 8 aromatic rings. The predicted octanol–water partition coefficient (Wildman–Crippen LogP) is 12.2. The van der Waals surface area contributed by atoms with E-state index >= 15 is 0 Å². The van der Waals surface area contributed by atoms with Crippen molar-refractivity contribution in [3.63, 3.8) is 0 Å². The molecule has 6 aromatic carbocycles. The molecule has 0 spiro atoms. The molecular formula is C44H28Cl2N4. The van der Waals surface area contributed by atoms with Crippen molar-refractivity contribution in [1.29, 1.82) is 0 Å². The largest absolute Gasteiger partial charge is 0.248 e. The van der Waals surface area contributed by atoms with Gasteiger partial charge in [0.1, 0.15) is 0 Å². The maximum absolute atomic E-state index is 6.20. The average molecular weight is 684 g/mol. The smallest absolute Gasteiger partial charge is 0.164 e. The number of benzene rings is 6. The molecular weight excluding hydrogens is 655 g/mol. The first-order valence-electron chi connectivity index (χ1n) is 16.2. The van der Waals surface area contributed by atoms with Crippen LogP contribution in [0.4, 0.5) is 0 Å². The molecule has 0 bridgehead atoms. The lowest BCUT2D eigenvalue weighted by Gasteiger charge is -2.12. The van der Waals surface area contributed by atoms with E-state index in [2.05, 4.69) is 48.5 Å². The van der Waals surface area contributed by atoms with E-state index in [1.54, 1.807) is 0 Å². The molecule has 0 aliphatic heterocycles. The molecule has 238 valence electrons. The Morgan fingerprint density at radius 3 is 1.12 bits per heavy atom. The Labute approximate surface area is 300 Å². The number of hydrogen-bond acceptors (Lipinski definition) is 4. The Morgan fingerprint density at radius 2 is 0.640 bits per heavy atom. The summed E-state index contributed by atoms with van der Waals surface area (Å²) in [5.41, 5.74) is 10.8. The predicted molar refractivity (Wildman–Crippen MR) is 206 cm³/mol. The van der Waals surface area contributed by atoms with E-state index in [0.29, 0.717) is 27.5 Å². The second-order valence-corrected chi connectivity index (χ2v) is 12.7. The van der Waals surface area contributed by atoms with Crippen molar-refractivity contribution in [3.05, 3.63) is 180 Å². The van der Waals surface area contributed by atoms with Crippen LogP contribution >= 0.6 is 23.2 Å². The van der Waals surface area contributed by atoms with Crippen molar-refractivity contribution in [1.82, 2.24) is 19.9 Å². The molecule has 0 aliphatic rings. The van der Waals surface area contributed by atoms with Crippen LogP contribution in [0.5, 0.6) is 0 Å². The molecule has 0 atom stereocenters. The van der Waals surface area contributed by atoms with Crippen LogP contribution in [-0.2, 0) is 0 Å². The van der Waals surface area contributed by atoms with Gasteiger partial charge in [0.2, 0.25) is 0 Å². The molecule has 8 rings (SSSR count). The van der Waals surface area contributed by atoms with Gasteiger partial charge in [0.05, 0.1) is 11.4 Å². The highest BCUT2D eigenvalue weighted by Gasteiger charge is 2.14. The zero-order valence-electron chi connectivity index (χ0n) is 26.7. The highest BCUT2D eigenvalue weighted by atomic mass is 35.5. The maximum atomic E-state index is 6.20. The van der Waals surface area contributed by atoms with Gasteiger partial charge in [-0.15, -0.1) is 0 Å². The zero-order chi connectivity index (χ0) is 33.9. The van der Waals surface area contributed by atoms with Gasteiger partial charge in [-0.2, -0.15) is 0 Å². The summed E-state index contributed by atoms with van der Waals surface area (Å²) in [6.45, 7) is 0. The topological polar surface area (TPSA) is 51.6 Å². The molecule has 2 heterocycles. The van der Waals surface area contributed by atoms with Gasteiger partial charge in [-0.05, 0) is 64.7 Å². The van der Waals surface area contributed by atoms with Gasteiger partial charge in [-0.3, -0.25) is 0 Å². The van der Waals surface area contributed by atoms with Crippen LogP contribution in [-0.4, -0.2) is 19.9 Å². The molecule has 0 unspecified atom stereocenters. The SMILES string of the molecule is Clc1ccc(-c2cc(-c3ccc(-c4cccc(-c5nc(-c6ccccc6)nc(-c6ccccc6)n5)c4)cc3)cc(-c3ccc(Cl)cc3)n2)cc1. The van der Waals surface area contributed by atoms with Crippen LogP contribution < -0.4 is 0 Å². The van der Waals surface area contributed by atoms with Gasteiger partial charge >= 0.3 is 0 Å². The summed E-state index contributed by atoms with van der Waals surface area (Å²) in [6.07, 6.45) is 0. The fourth-order valence-corrected chi connectivity index (χ4v) is 6.12. The third-order valence-electron chi connectivity index (χ3n) is 8.48. The first-order chi connectivity index (χ1) is 24.6. The number of nitrogens with zero attached hydrogens (tertiary/aromatic N) is 4. The maximum Gasteiger partial charge on any atom is 0.164 e. The summed E-state index contributed by atoms with van der Waals surface area (Å²) in [5, 5.41) is 1.37. The molecule has 0 fully saturated rings. The number of pyridine rings is 1. The van der Waals surface area contributed by atoms with Crippen LogP contribution in [0.3, 0.4) is 0 Å². The molecule has 2 aromatic heterocycles. The van der Waals surface area contributed by atoms with Gasteiger partial charge in [0.25, 0.3) is 0 Å². The monoisotopic (exact) mass is 682 g/mol. The molecule has 4 nitrogen and oxygen atoms in total. The van der Waals surface area contributed by atoms with E-state index in [1.165, 1.54) is 0 Å². The van der Waals surface area contributed by atoms with E-state index in [4.69, 9.17) is 43.1 Å². The van der Waals surface area contributed by atoms with Gasteiger partial charge in [0, 0.05) is 37.9 Å². The number of aromatic nitrogens is 4. The van der Waals surface area contributed by atoms with Crippen LogP contribution in [0.1, 0.15) is 0 Å². The van der Waals surface area contributed by atoms with Crippen molar-refractivity contribution < 1.29 is 0 Å². The zero-order valence-corrected chi connectivity index (χ0v) is 28.2. The van der Waals surface area contributed by atoms with E-state index in [-0.39, 0.29) is 0 Å². The lowest BCUT2D eigenvalue weighted by Crippen LogP contribution is -2.00. The number of rotatable bonds is 7. The lowest BCUT2D eigenvalue weighted by atomic mass is 9.97. The summed E-state index contributed by atoms with van der Waals surface area (Å²) < 4.78 is 0. The minimum absolute atomic E-state index is 0.623. The Balaban J connectivity index is 1.16. The van der Waals surface area contributed by atoms with Gasteiger partial charge in [0.15, 0.2) is 17.5 Å². The van der Waals surface area contributed by atoms with Crippen molar-refractivity contribution in [3.8, 4) is 78.9 Å². The fraction of sp³-hybridized carbons (Fsp3) is 0. The van der Waals surface area contributed by atoms with Crippen LogP contribution in [0, 0.1) is 0 Å². The molecule has 6 heteroatoms. The summed E-state index contributed by atoms with van der Waals surface area (Å²) in [6, 6.07) is 56.7. The van der Waals surface area contributed by atoms with Crippen LogP contribution in [0.2, 0.25) is 10.0 Å². The standard InChI is InChI=1S/C44H28Cl2N4/c45-38-22-18-31(19-23-38)40-27-37(28-41(47-40)32-20-24-39(46)25-21-32)30-16-14-29(15-17-30)35-12-7-13-36(26-35)44-49-42(33-8-3-1-4-9-33)48-43(50-44)34-10-5-2-6-11-34/h1-28H. The average Bonchev–Trinajstić information content (AvgIpc) is 3.19. The summed E-state index contributed by atoms with van der Waals surface area (Å²) in [7, 11) is 0. The van der Waals surface area contributed by atoms with Crippen molar-refractivity contribution in [2.24, 2.45) is 0 Å². The Bertz CT molecular complexity index is 2290. The van der Waals surface area contributed by atoms with Crippen LogP contribution in [0.25, 0.3) is 78.9 Å². The van der Waals surface area contributed by atoms with E-state index in [1.807, 2.05) is 121 Å². The normalized spacial score (nSPS) is 11.0. The van der Waals surface area contributed by atoms with Crippen molar-refractivity contribution in [2.75, 3.05) is 0 Å². The molecule has 0 amide bonds. The molecule has 0 saturated heterocycles. The highest BCUT2D eigenvalue weighted by molar-refractivity contribution is 6.31. The summed E-state index contributed by atoms with van der Waals surface area (Å²) >= 11 is 12.4. The van der Waals surface area contributed by atoms with E-state index < -0.39 is 0 Å². The third-order valence-corrected chi connectivity index (χ3v) is 8.98. The van der Waals surface area contributed by atoms with Gasteiger partial charge < -0.3 is 0 Å². The molecule has 0 radical (unpaired) electrons. The first-order valence-corrected chi connectivity index (χ1v) is 16.9. The second-order valence-electron chi connectivity index (χ2n) is 11.8. The Morgan fingerprint density at radius 1 is 0.260 bits per heavy atom. The molecule has 0 N–H and O–H groups in total. The lowest BCUT2D eigenvalue weighted by molar-refractivity contribution is 1.07. The fourth-order valence-electron chi connectivity index (χ4n) is 5.86. The minimum atomic E-state index is 0.623. The number of halogens is 2. The van der Waals surface area contributed by atoms with E-state index in [9.17, 15) is 0 Å². The molecule has 50 heavy (non-hydrogen) atoms. The molecule has 0 aliphatic carbocycles. The van der Waals surface area contributed by atoms with E-state index in [0.717, 1.165) is 61.5 Å². The quantitative estimate of drug-likeness (QED) is 0.168. The summed E-state index contributed by atoms with van der Waals surface area (Å²) in [4.78, 5) is 19.7. The van der Waals surface area contributed by atoms with Crippen molar-refractivity contribution in [2.45, 2.75) is 0 Å². The van der Waals surface area contributed by atoms with Gasteiger partial charge in [-0.1, -0.05) is 151 Å². The molecule has 0 saturated carbocycles. The first kappa shape index (κ1) is 31.3. The van der Waals surface area contributed by atoms with Crippen LogP contribution in [0.15, 0.2) is 170 Å². The highest BCUT2D eigenvalue weighted by Crippen LogP contribution is 2.33. The third kappa shape index (κ3) is 6.81.